The molecular weight excluding hydrogens is 351 g/mol. The van der Waals surface area contributed by atoms with Crippen molar-refractivity contribution in [3.05, 3.63) is 71.2 Å². The summed E-state index contributed by atoms with van der Waals surface area (Å²) < 4.78 is 19.2. The highest BCUT2D eigenvalue weighted by atomic mass is 32.1. The van der Waals surface area contributed by atoms with Gasteiger partial charge in [0, 0.05) is 19.2 Å². The number of halogens is 1. The number of amides is 1. The summed E-state index contributed by atoms with van der Waals surface area (Å²) >= 11 is 5.32. The lowest BCUT2D eigenvalue weighted by atomic mass is 10.1. The Morgan fingerprint density at radius 3 is 2.65 bits per heavy atom. The molecule has 2 aromatic carbocycles. The van der Waals surface area contributed by atoms with Gasteiger partial charge in [-0.3, -0.25) is 9.69 Å². The van der Waals surface area contributed by atoms with Gasteiger partial charge in [0.2, 0.25) is 0 Å². The van der Waals surface area contributed by atoms with Crippen molar-refractivity contribution in [3.8, 4) is 5.75 Å². The summed E-state index contributed by atoms with van der Waals surface area (Å²) in [7, 11) is 1.78. The van der Waals surface area contributed by atoms with E-state index in [0.717, 1.165) is 11.1 Å². The van der Waals surface area contributed by atoms with Gasteiger partial charge in [-0.05, 0) is 49.0 Å². The van der Waals surface area contributed by atoms with Gasteiger partial charge in [0.25, 0.3) is 5.91 Å². The Bertz CT molecular complexity index is 882. The van der Waals surface area contributed by atoms with E-state index in [4.69, 9.17) is 17.0 Å². The Kier molecular flexibility index (Phi) is 5.32. The normalized spacial score (nSPS) is 15.9. The number of carbonyl (C=O) groups is 1. The van der Waals surface area contributed by atoms with Crippen molar-refractivity contribution in [1.82, 2.24) is 9.80 Å². The number of thiocarbonyl (C=S) groups is 1. The first-order chi connectivity index (χ1) is 12.5. The number of hydrogen-bond donors (Lipinski definition) is 0. The molecule has 3 rings (SSSR count). The lowest BCUT2D eigenvalue weighted by Crippen LogP contribution is -2.30. The van der Waals surface area contributed by atoms with Crippen LogP contribution in [0, 0.1) is 5.82 Å². The van der Waals surface area contributed by atoms with Crippen LogP contribution in [0.2, 0.25) is 0 Å². The predicted molar refractivity (Wildman–Crippen MR) is 103 cm³/mol. The molecule has 0 aromatic heterocycles. The maximum absolute atomic E-state index is 13.3. The highest BCUT2D eigenvalue weighted by Gasteiger charge is 2.34. The first kappa shape index (κ1) is 18.1. The molecule has 1 aliphatic rings. The fourth-order valence-corrected chi connectivity index (χ4v) is 3.07. The fourth-order valence-electron chi connectivity index (χ4n) is 2.76. The van der Waals surface area contributed by atoms with Crippen LogP contribution in [0.1, 0.15) is 18.1 Å². The smallest absolute Gasteiger partial charge is 0.276 e. The number of para-hydroxylation sites is 1. The largest absolute Gasteiger partial charge is 0.488 e. The molecule has 4 nitrogen and oxygen atoms in total. The van der Waals surface area contributed by atoms with Gasteiger partial charge in [0.1, 0.15) is 23.9 Å². The Morgan fingerprint density at radius 2 is 1.96 bits per heavy atom. The molecule has 0 aliphatic carbocycles. The molecule has 2 aromatic rings. The summed E-state index contributed by atoms with van der Waals surface area (Å²) in [6.45, 7) is 2.65. The molecule has 1 saturated heterocycles. The summed E-state index contributed by atoms with van der Waals surface area (Å²) in [5.74, 6) is 0.194. The van der Waals surface area contributed by atoms with Gasteiger partial charge in [0.05, 0.1) is 0 Å². The van der Waals surface area contributed by atoms with Gasteiger partial charge >= 0.3 is 0 Å². The first-order valence-electron chi connectivity index (χ1n) is 8.28. The second kappa shape index (κ2) is 7.66. The number of nitrogens with zero attached hydrogens (tertiary/aromatic N) is 2. The molecule has 134 valence electrons. The SMILES string of the molecule is CCN1C(=O)/C(=C/c2ccccc2OCc2cccc(F)c2)N(C)C1=S. The fraction of sp³-hybridized carbons (Fsp3) is 0.200. The molecule has 0 atom stereocenters. The van der Waals surface area contributed by atoms with Crippen LogP contribution in [-0.2, 0) is 11.4 Å². The molecule has 0 spiro atoms. The monoisotopic (exact) mass is 370 g/mol. The minimum absolute atomic E-state index is 0.125. The molecule has 0 saturated carbocycles. The third-order valence-electron chi connectivity index (χ3n) is 4.15. The summed E-state index contributed by atoms with van der Waals surface area (Å²) in [6, 6.07) is 13.7. The van der Waals surface area contributed by atoms with Crippen molar-refractivity contribution in [3.63, 3.8) is 0 Å². The van der Waals surface area contributed by atoms with Crippen molar-refractivity contribution >= 4 is 29.3 Å². The molecule has 0 unspecified atom stereocenters. The average molecular weight is 370 g/mol. The van der Waals surface area contributed by atoms with E-state index in [-0.39, 0.29) is 18.3 Å². The Morgan fingerprint density at radius 1 is 1.19 bits per heavy atom. The highest BCUT2D eigenvalue weighted by Crippen LogP contribution is 2.27. The summed E-state index contributed by atoms with van der Waals surface area (Å²) in [4.78, 5) is 15.8. The zero-order chi connectivity index (χ0) is 18.7. The van der Waals surface area contributed by atoms with Crippen molar-refractivity contribution in [2.45, 2.75) is 13.5 Å². The number of hydrogen-bond acceptors (Lipinski definition) is 3. The predicted octanol–water partition coefficient (Wildman–Crippen LogP) is 3.82. The second-order valence-corrected chi connectivity index (χ2v) is 6.24. The standard InChI is InChI=1S/C20H19FN2O2S/c1-3-23-19(24)17(22(2)20(23)26)12-15-8-4-5-10-18(15)25-13-14-7-6-9-16(21)11-14/h4-12H,3,13H2,1-2H3/b17-12-. The van der Waals surface area contributed by atoms with Crippen LogP contribution in [0.5, 0.6) is 5.75 Å². The zero-order valence-electron chi connectivity index (χ0n) is 14.6. The van der Waals surface area contributed by atoms with Gasteiger partial charge in [-0.25, -0.2) is 4.39 Å². The summed E-state index contributed by atoms with van der Waals surface area (Å²) in [5, 5.41) is 0.488. The molecule has 26 heavy (non-hydrogen) atoms. The highest BCUT2D eigenvalue weighted by molar-refractivity contribution is 7.80. The number of ether oxygens (including phenoxy) is 1. The van der Waals surface area contributed by atoms with Crippen LogP contribution in [0.3, 0.4) is 0 Å². The third-order valence-corrected chi connectivity index (χ3v) is 4.65. The lowest BCUT2D eigenvalue weighted by Gasteiger charge is -2.14. The van der Waals surface area contributed by atoms with E-state index < -0.39 is 0 Å². The molecule has 1 amide bonds. The summed E-state index contributed by atoms with van der Waals surface area (Å²) in [5.41, 5.74) is 2.00. The number of benzene rings is 2. The first-order valence-corrected chi connectivity index (χ1v) is 8.69. The molecule has 1 fully saturated rings. The minimum Gasteiger partial charge on any atom is -0.488 e. The van der Waals surface area contributed by atoms with Gasteiger partial charge in [-0.15, -0.1) is 0 Å². The zero-order valence-corrected chi connectivity index (χ0v) is 15.4. The van der Waals surface area contributed by atoms with Crippen LogP contribution in [-0.4, -0.2) is 34.4 Å². The van der Waals surface area contributed by atoms with E-state index in [9.17, 15) is 9.18 Å². The minimum atomic E-state index is -0.298. The van der Waals surface area contributed by atoms with Gasteiger partial charge in [-0.1, -0.05) is 30.3 Å². The Labute approximate surface area is 157 Å². The number of rotatable bonds is 5. The van der Waals surface area contributed by atoms with Crippen LogP contribution in [0.4, 0.5) is 4.39 Å². The van der Waals surface area contributed by atoms with Crippen LogP contribution in [0.15, 0.2) is 54.2 Å². The summed E-state index contributed by atoms with van der Waals surface area (Å²) in [6.07, 6.45) is 1.77. The third kappa shape index (κ3) is 3.60. The van der Waals surface area contributed by atoms with E-state index >= 15 is 0 Å². The van der Waals surface area contributed by atoms with E-state index in [0.29, 0.717) is 23.1 Å². The average Bonchev–Trinajstić information content (AvgIpc) is 2.84. The van der Waals surface area contributed by atoms with Crippen molar-refractivity contribution < 1.29 is 13.9 Å². The quantitative estimate of drug-likeness (QED) is 0.592. The van der Waals surface area contributed by atoms with Crippen LogP contribution < -0.4 is 4.74 Å². The second-order valence-electron chi connectivity index (χ2n) is 5.88. The molecular formula is C20H19FN2O2S. The van der Waals surface area contributed by atoms with E-state index in [1.54, 1.807) is 35.1 Å². The molecule has 0 radical (unpaired) electrons. The molecule has 0 N–H and O–H groups in total. The maximum Gasteiger partial charge on any atom is 0.276 e. The number of carbonyl (C=O) groups excluding carboxylic acids is 1. The van der Waals surface area contributed by atoms with Gasteiger partial charge in [0.15, 0.2) is 5.11 Å². The van der Waals surface area contributed by atoms with Gasteiger partial charge in [-0.2, -0.15) is 0 Å². The van der Waals surface area contributed by atoms with E-state index in [1.165, 1.54) is 12.1 Å². The molecule has 1 aliphatic heterocycles. The van der Waals surface area contributed by atoms with E-state index in [1.807, 2.05) is 31.2 Å². The lowest BCUT2D eigenvalue weighted by molar-refractivity contribution is -0.122. The Balaban J connectivity index is 1.85. The van der Waals surface area contributed by atoms with Crippen LogP contribution >= 0.6 is 12.2 Å². The topological polar surface area (TPSA) is 32.8 Å². The van der Waals surface area contributed by atoms with Crippen molar-refractivity contribution in [2.75, 3.05) is 13.6 Å². The maximum atomic E-state index is 13.3. The molecule has 1 heterocycles. The number of likely N-dealkylation sites (N-methyl/N-ethyl adjacent to an activating group) is 2. The van der Waals surface area contributed by atoms with E-state index in [2.05, 4.69) is 0 Å². The molecule has 6 heteroatoms. The van der Waals surface area contributed by atoms with Crippen molar-refractivity contribution in [1.29, 1.82) is 0 Å². The molecule has 0 bridgehead atoms. The Hall–Kier alpha value is -2.73. The van der Waals surface area contributed by atoms with Crippen LogP contribution in [0.25, 0.3) is 6.08 Å². The van der Waals surface area contributed by atoms with Gasteiger partial charge < -0.3 is 9.64 Å². The van der Waals surface area contributed by atoms with Crippen molar-refractivity contribution in [2.24, 2.45) is 0 Å².